The second-order valence-electron chi connectivity index (χ2n) is 9.93. The molecule has 0 unspecified atom stereocenters. The van der Waals surface area contributed by atoms with Crippen LogP contribution in [0, 0.1) is 5.82 Å². The largest absolute Gasteiger partial charge is 0.390 e. The van der Waals surface area contributed by atoms with E-state index in [1.54, 1.807) is 37.3 Å². The predicted molar refractivity (Wildman–Crippen MR) is 127 cm³/mol. The van der Waals surface area contributed by atoms with Gasteiger partial charge in [0.1, 0.15) is 17.8 Å². The summed E-state index contributed by atoms with van der Waals surface area (Å²) in [5.41, 5.74) is 0.678. The van der Waals surface area contributed by atoms with Crippen molar-refractivity contribution in [2.24, 2.45) is 0 Å². The molecule has 2 aromatic heterocycles. The van der Waals surface area contributed by atoms with E-state index in [0.717, 1.165) is 5.56 Å². The zero-order chi connectivity index (χ0) is 24.6. The minimum Gasteiger partial charge on any atom is -0.390 e. The highest BCUT2D eigenvalue weighted by molar-refractivity contribution is 5.95. The van der Waals surface area contributed by atoms with Crippen molar-refractivity contribution >= 4 is 11.7 Å². The average molecular weight is 480 g/mol. The molecule has 2 aliphatic carbocycles. The van der Waals surface area contributed by atoms with E-state index >= 15 is 0 Å². The molecule has 0 saturated heterocycles. The molecule has 5 rings (SSSR count). The Labute approximate surface area is 202 Å². The van der Waals surface area contributed by atoms with E-state index < -0.39 is 23.0 Å². The van der Waals surface area contributed by atoms with Gasteiger partial charge in [0, 0.05) is 35.3 Å². The molecule has 7 nitrogen and oxygen atoms in total. The van der Waals surface area contributed by atoms with Crippen molar-refractivity contribution in [1.29, 1.82) is 0 Å². The lowest BCUT2D eigenvalue weighted by Crippen LogP contribution is -2.53. The van der Waals surface area contributed by atoms with Gasteiger partial charge in [-0.05, 0) is 69.0 Å². The SMILES string of the molecule is CC1(O)CC(NC(=O)c2cccc(-c3ccc(NCC4(c5ncccc5F)CC(F)C4)nn3)c2)C1. The quantitative estimate of drug-likeness (QED) is 0.477. The first-order valence-electron chi connectivity index (χ1n) is 11.7. The van der Waals surface area contributed by atoms with Gasteiger partial charge >= 0.3 is 0 Å². The fourth-order valence-electron chi connectivity index (χ4n) is 5.02. The van der Waals surface area contributed by atoms with E-state index in [4.69, 9.17) is 0 Å². The molecule has 0 aliphatic heterocycles. The summed E-state index contributed by atoms with van der Waals surface area (Å²) in [6.45, 7) is 2.05. The smallest absolute Gasteiger partial charge is 0.251 e. The Balaban J connectivity index is 1.24. The number of halogens is 2. The molecule has 182 valence electrons. The highest BCUT2D eigenvalue weighted by Gasteiger charge is 2.48. The van der Waals surface area contributed by atoms with Crippen LogP contribution < -0.4 is 10.6 Å². The number of alkyl halides is 1. The Morgan fingerprint density at radius 3 is 2.57 bits per heavy atom. The summed E-state index contributed by atoms with van der Waals surface area (Å²) in [4.78, 5) is 16.7. The number of nitrogens with zero attached hydrogens (tertiary/aromatic N) is 3. The van der Waals surface area contributed by atoms with Gasteiger partial charge in [-0.15, -0.1) is 10.2 Å². The minimum atomic E-state index is -0.978. The van der Waals surface area contributed by atoms with Gasteiger partial charge in [0.2, 0.25) is 0 Å². The van der Waals surface area contributed by atoms with Crippen molar-refractivity contribution in [3.05, 3.63) is 71.8 Å². The van der Waals surface area contributed by atoms with Gasteiger partial charge in [-0.3, -0.25) is 9.78 Å². The third-order valence-electron chi connectivity index (χ3n) is 6.89. The predicted octanol–water partition coefficient (Wildman–Crippen LogP) is 3.80. The molecular weight excluding hydrogens is 452 g/mol. The van der Waals surface area contributed by atoms with Gasteiger partial charge in [0.05, 0.1) is 17.0 Å². The topological polar surface area (TPSA) is 100 Å². The summed E-state index contributed by atoms with van der Waals surface area (Å²) in [6.07, 6.45) is 2.02. The molecule has 0 bridgehead atoms. The first-order valence-corrected chi connectivity index (χ1v) is 11.7. The standard InChI is InChI=1S/C26H27F2N5O2/c1-25(35)13-19(14-25)31-24(34)17-5-2-4-16(10-17)21-7-8-22(33-32-21)30-15-26(11-18(27)12-26)23-20(28)6-3-9-29-23/h2-10,18-19,35H,11-15H2,1H3,(H,30,33)(H,31,34). The van der Waals surface area contributed by atoms with Crippen molar-refractivity contribution in [2.75, 3.05) is 11.9 Å². The molecule has 0 radical (unpaired) electrons. The van der Waals surface area contributed by atoms with Crippen LogP contribution in [0.4, 0.5) is 14.6 Å². The Hall–Kier alpha value is -3.46. The molecule has 3 aromatic rings. The molecule has 0 atom stereocenters. The molecule has 2 saturated carbocycles. The maximum Gasteiger partial charge on any atom is 0.251 e. The normalized spacial score (nSPS) is 27.4. The second kappa shape index (κ2) is 8.96. The van der Waals surface area contributed by atoms with Crippen molar-refractivity contribution in [3.8, 4) is 11.3 Å². The monoisotopic (exact) mass is 479 g/mol. The average Bonchev–Trinajstić information content (AvgIpc) is 2.81. The molecule has 9 heteroatoms. The fraction of sp³-hybridized carbons (Fsp3) is 0.385. The number of rotatable bonds is 7. The van der Waals surface area contributed by atoms with Crippen LogP contribution in [0.15, 0.2) is 54.7 Å². The van der Waals surface area contributed by atoms with Crippen LogP contribution in [0.5, 0.6) is 0 Å². The van der Waals surface area contributed by atoms with Gasteiger partial charge < -0.3 is 15.7 Å². The lowest BCUT2D eigenvalue weighted by Gasteiger charge is -2.44. The third-order valence-corrected chi connectivity index (χ3v) is 6.89. The number of pyridine rings is 1. The fourth-order valence-corrected chi connectivity index (χ4v) is 5.02. The number of benzene rings is 1. The Morgan fingerprint density at radius 1 is 1.11 bits per heavy atom. The van der Waals surface area contributed by atoms with Gasteiger partial charge in [-0.2, -0.15) is 0 Å². The summed E-state index contributed by atoms with van der Waals surface area (Å²) in [7, 11) is 0. The zero-order valence-electron chi connectivity index (χ0n) is 19.3. The Kier molecular flexibility index (Phi) is 5.96. The number of carbonyl (C=O) groups is 1. The number of hydrogen-bond acceptors (Lipinski definition) is 6. The van der Waals surface area contributed by atoms with Gasteiger partial charge in [-0.25, -0.2) is 8.78 Å². The number of nitrogens with one attached hydrogen (secondary N) is 2. The first-order chi connectivity index (χ1) is 16.7. The summed E-state index contributed by atoms with van der Waals surface area (Å²) < 4.78 is 28.1. The Bertz CT molecular complexity index is 1220. The molecule has 2 heterocycles. The zero-order valence-corrected chi connectivity index (χ0v) is 19.3. The maximum atomic E-state index is 14.3. The summed E-state index contributed by atoms with van der Waals surface area (Å²) >= 11 is 0. The lowest BCUT2D eigenvalue weighted by atomic mass is 9.65. The van der Waals surface area contributed by atoms with Crippen LogP contribution in [0.2, 0.25) is 0 Å². The van der Waals surface area contributed by atoms with E-state index in [9.17, 15) is 18.7 Å². The van der Waals surface area contributed by atoms with Gasteiger partial charge in [-0.1, -0.05) is 12.1 Å². The van der Waals surface area contributed by atoms with Crippen LogP contribution in [-0.4, -0.2) is 50.6 Å². The number of anilines is 1. The number of carbonyl (C=O) groups excluding carboxylic acids is 1. The summed E-state index contributed by atoms with van der Waals surface area (Å²) in [5.74, 6) is -0.149. The maximum absolute atomic E-state index is 14.3. The lowest BCUT2D eigenvalue weighted by molar-refractivity contribution is -0.0366. The molecule has 2 aliphatic rings. The van der Waals surface area contributed by atoms with Crippen molar-refractivity contribution < 1.29 is 18.7 Å². The van der Waals surface area contributed by atoms with Crippen LogP contribution in [0.25, 0.3) is 11.3 Å². The molecule has 0 spiro atoms. The molecule has 35 heavy (non-hydrogen) atoms. The van der Waals surface area contributed by atoms with Gasteiger partial charge in [0.15, 0.2) is 0 Å². The third kappa shape index (κ3) is 4.86. The summed E-state index contributed by atoms with van der Waals surface area (Å²) in [5, 5.41) is 24.4. The number of aromatic nitrogens is 3. The van der Waals surface area contributed by atoms with Crippen LogP contribution >= 0.6 is 0 Å². The molecule has 1 amide bonds. The van der Waals surface area contributed by atoms with Crippen molar-refractivity contribution in [1.82, 2.24) is 20.5 Å². The first kappa shape index (κ1) is 23.3. The van der Waals surface area contributed by atoms with Crippen LogP contribution in [0.1, 0.15) is 48.7 Å². The van der Waals surface area contributed by atoms with Crippen molar-refractivity contribution in [3.63, 3.8) is 0 Å². The van der Waals surface area contributed by atoms with E-state index in [2.05, 4.69) is 25.8 Å². The number of hydrogen-bond donors (Lipinski definition) is 3. The minimum absolute atomic E-state index is 0.0301. The molecule has 3 N–H and O–H groups in total. The Morgan fingerprint density at radius 2 is 1.91 bits per heavy atom. The van der Waals surface area contributed by atoms with E-state index in [1.165, 1.54) is 18.3 Å². The highest BCUT2D eigenvalue weighted by Crippen LogP contribution is 2.45. The second-order valence-corrected chi connectivity index (χ2v) is 9.93. The molecule has 1 aromatic carbocycles. The van der Waals surface area contributed by atoms with Gasteiger partial charge in [0.25, 0.3) is 5.91 Å². The van der Waals surface area contributed by atoms with Crippen LogP contribution in [-0.2, 0) is 5.41 Å². The van der Waals surface area contributed by atoms with E-state index in [-0.39, 0.29) is 30.5 Å². The summed E-state index contributed by atoms with van der Waals surface area (Å²) in [6, 6.07) is 13.5. The van der Waals surface area contributed by atoms with E-state index in [1.807, 2.05) is 6.07 Å². The molecular formula is C26H27F2N5O2. The number of amides is 1. The van der Waals surface area contributed by atoms with E-state index in [0.29, 0.717) is 36.5 Å². The van der Waals surface area contributed by atoms with Crippen LogP contribution in [0.3, 0.4) is 0 Å². The molecule has 2 fully saturated rings. The van der Waals surface area contributed by atoms with Crippen molar-refractivity contribution in [2.45, 2.75) is 55.8 Å². The number of aliphatic hydroxyl groups is 1. The highest BCUT2D eigenvalue weighted by atomic mass is 19.1.